The van der Waals surface area contributed by atoms with Crippen molar-refractivity contribution in [2.75, 3.05) is 26.2 Å². The molecular weight excluding hydrogens is 324 g/mol. The normalized spacial score (nSPS) is 16.6. The highest BCUT2D eigenvalue weighted by Crippen LogP contribution is 2.17. The van der Waals surface area contributed by atoms with E-state index in [9.17, 15) is 4.79 Å². The number of rotatable bonds is 4. The number of carbonyl (C=O) groups excluding carboxylic acids is 1. The summed E-state index contributed by atoms with van der Waals surface area (Å²) in [7, 11) is 0. The highest BCUT2D eigenvalue weighted by Gasteiger charge is 2.24. The third kappa shape index (κ3) is 4.02. The van der Waals surface area contributed by atoms with Gasteiger partial charge in [-0.1, -0.05) is 19.0 Å². The van der Waals surface area contributed by atoms with Gasteiger partial charge in [-0.25, -0.2) is 4.98 Å². The van der Waals surface area contributed by atoms with Crippen molar-refractivity contribution in [2.24, 2.45) is 0 Å². The first-order chi connectivity index (χ1) is 11.5. The molecule has 1 saturated heterocycles. The van der Waals surface area contributed by atoms with E-state index in [0.717, 1.165) is 49.0 Å². The first-order valence-corrected chi connectivity index (χ1v) is 9.30. The molecule has 1 fully saturated rings. The van der Waals surface area contributed by atoms with Gasteiger partial charge in [0.05, 0.1) is 16.4 Å². The third-order valence-electron chi connectivity index (χ3n) is 4.26. The van der Waals surface area contributed by atoms with Crippen molar-refractivity contribution in [3.63, 3.8) is 0 Å². The van der Waals surface area contributed by atoms with Crippen LogP contribution in [0.1, 0.15) is 53.1 Å². The van der Waals surface area contributed by atoms with Gasteiger partial charge >= 0.3 is 0 Å². The summed E-state index contributed by atoms with van der Waals surface area (Å²) in [4.78, 5) is 21.4. The Morgan fingerprint density at radius 1 is 1.33 bits per heavy atom. The molecule has 1 amide bonds. The van der Waals surface area contributed by atoms with Gasteiger partial charge in [0, 0.05) is 44.2 Å². The zero-order valence-corrected chi connectivity index (χ0v) is 15.3. The summed E-state index contributed by atoms with van der Waals surface area (Å²) in [5.41, 5.74) is 1.95. The highest BCUT2D eigenvalue weighted by molar-refractivity contribution is 7.09. The van der Waals surface area contributed by atoms with E-state index in [-0.39, 0.29) is 11.8 Å². The maximum Gasteiger partial charge on any atom is 0.292 e. The molecule has 0 unspecified atom stereocenters. The average Bonchev–Trinajstić information content (AvgIpc) is 3.12. The van der Waals surface area contributed by atoms with Gasteiger partial charge < -0.3 is 9.42 Å². The molecule has 130 valence electrons. The van der Waals surface area contributed by atoms with Crippen molar-refractivity contribution in [1.29, 1.82) is 0 Å². The van der Waals surface area contributed by atoms with Crippen molar-refractivity contribution in [1.82, 2.24) is 19.9 Å². The maximum absolute atomic E-state index is 12.6. The fourth-order valence-electron chi connectivity index (χ4n) is 2.86. The standard InChI is InChI=1S/C17H24N4O2S/c1-12(2)15-9-16(23-19-15)17(22)21-6-4-5-20(7-8-21)10-14-11-24-13(3)18-14/h9,11-12H,4-8,10H2,1-3H3. The number of carbonyl (C=O) groups is 1. The van der Waals surface area contributed by atoms with E-state index in [2.05, 4.69) is 20.4 Å². The molecular formula is C17H24N4O2S. The Morgan fingerprint density at radius 3 is 2.83 bits per heavy atom. The third-order valence-corrected chi connectivity index (χ3v) is 5.08. The molecule has 0 saturated carbocycles. The number of amides is 1. The topological polar surface area (TPSA) is 62.5 Å². The Hall–Kier alpha value is -1.73. The molecule has 2 aromatic heterocycles. The fraction of sp³-hybridized carbons (Fsp3) is 0.588. The van der Waals surface area contributed by atoms with E-state index in [1.807, 2.05) is 25.7 Å². The Labute approximate surface area is 146 Å². The van der Waals surface area contributed by atoms with Crippen LogP contribution in [0.5, 0.6) is 0 Å². The number of hydrogen-bond donors (Lipinski definition) is 0. The van der Waals surface area contributed by atoms with E-state index in [4.69, 9.17) is 4.52 Å². The number of nitrogens with zero attached hydrogens (tertiary/aromatic N) is 4. The van der Waals surface area contributed by atoms with E-state index >= 15 is 0 Å². The summed E-state index contributed by atoms with van der Waals surface area (Å²) in [6, 6.07) is 1.77. The molecule has 24 heavy (non-hydrogen) atoms. The number of thiazole rings is 1. The van der Waals surface area contributed by atoms with Crippen LogP contribution in [-0.2, 0) is 6.54 Å². The molecule has 0 aliphatic carbocycles. The SMILES string of the molecule is Cc1nc(CN2CCCN(C(=O)c3cc(C(C)C)no3)CC2)cs1. The van der Waals surface area contributed by atoms with Gasteiger partial charge in [-0.3, -0.25) is 9.69 Å². The van der Waals surface area contributed by atoms with Crippen LogP contribution in [0.3, 0.4) is 0 Å². The molecule has 1 aliphatic rings. The predicted molar refractivity (Wildman–Crippen MR) is 93.2 cm³/mol. The summed E-state index contributed by atoms with van der Waals surface area (Å²) in [6.07, 6.45) is 0.958. The Morgan fingerprint density at radius 2 is 2.17 bits per heavy atom. The second-order valence-electron chi connectivity index (χ2n) is 6.55. The molecule has 0 radical (unpaired) electrons. The van der Waals surface area contributed by atoms with Crippen LogP contribution in [0.2, 0.25) is 0 Å². The Balaban J connectivity index is 1.59. The molecule has 1 aliphatic heterocycles. The molecule has 0 atom stereocenters. The van der Waals surface area contributed by atoms with Gasteiger partial charge in [-0.05, 0) is 19.3 Å². The predicted octanol–water partition coefficient (Wildman–Crippen LogP) is 2.91. The summed E-state index contributed by atoms with van der Waals surface area (Å²) in [5, 5.41) is 7.20. The van der Waals surface area contributed by atoms with Gasteiger partial charge in [0.15, 0.2) is 0 Å². The van der Waals surface area contributed by atoms with Crippen molar-refractivity contribution in [3.05, 3.63) is 33.6 Å². The minimum Gasteiger partial charge on any atom is -0.351 e. The lowest BCUT2D eigenvalue weighted by atomic mass is 10.1. The first-order valence-electron chi connectivity index (χ1n) is 8.42. The minimum absolute atomic E-state index is 0.0549. The molecule has 0 aromatic carbocycles. The van der Waals surface area contributed by atoms with Gasteiger partial charge in [-0.2, -0.15) is 0 Å². The minimum atomic E-state index is -0.0549. The molecule has 0 N–H and O–H groups in total. The molecule has 3 rings (SSSR count). The van der Waals surface area contributed by atoms with Crippen molar-refractivity contribution >= 4 is 17.2 Å². The number of aromatic nitrogens is 2. The van der Waals surface area contributed by atoms with E-state index in [1.165, 1.54) is 0 Å². The molecule has 2 aromatic rings. The van der Waals surface area contributed by atoms with Crippen LogP contribution >= 0.6 is 11.3 Å². The number of hydrogen-bond acceptors (Lipinski definition) is 6. The van der Waals surface area contributed by atoms with E-state index in [1.54, 1.807) is 17.4 Å². The molecule has 3 heterocycles. The van der Waals surface area contributed by atoms with Crippen molar-refractivity contribution in [3.8, 4) is 0 Å². The summed E-state index contributed by atoms with van der Waals surface area (Å²) in [5.74, 6) is 0.555. The molecule has 0 bridgehead atoms. The van der Waals surface area contributed by atoms with Gasteiger partial charge in [0.25, 0.3) is 5.91 Å². The lowest BCUT2D eigenvalue weighted by molar-refractivity contribution is 0.0719. The smallest absolute Gasteiger partial charge is 0.292 e. The Kier molecular flexibility index (Phi) is 5.30. The molecule has 0 spiro atoms. The lowest BCUT2D eigenvalue weighted by Crippen LogP contribution is -2.35. The monoisotopic (exact) mass is 348 g/mol. The second-order valence-corrected chi connectivity index (χ2v) is 7.61. The first kappa shape index (κ1) is 17.1. The van der Waals surface area contributed by atoms with Gasteiger partial charge in [0.1, 0.15) is 0 Å². The average molecular weight is 348 g/mol. The quantitative estimate of drug-likeness (QED) is 0.850. The van der Waals surface area contributed by atoms with E-state index < -0.39 is 0 Å². The second kappa shape index (κ2) is 7.44. The zero-order chi connectivity index (χ0) is 17.1. The highest BCUT2D eigenvalue weighted by atomic mass is 32.1. The number of aryl methyl sites for hydroxylation is 1. The van der Waals surface area contributed by atoms with Crippen LogP contribution in [0.15, 0.2) is 16.0 Å². The summed E-state index contributed by atoms with van der Waals surface area (Å²) < 4.78 is 5.24. The van der Waals surface area contributed by atoms with Crippen LogP contribution in [0.4, 0.5) is 0 Å². The zero-order valence-electron chi connectivity index (χ0n) is 14.5. The summed E-state index contributed by atoms with van der Waals surface area (Å²) in [6.45, 7) is 10.3. The lowest BCUT2D eigenvalue weighted by Gasteiger charge is -2.20. The van der Waals surface area contributed by atoms with Crippen LogP contribution in [-0.4, -0.2) is 52.0 Å². The molecule has 7 heteroatoms. The van der Waals surface area contributed by atoms with E-state index in [0.29, 0.717) is 12.3 Å². The van der Waals surface area contributed by atoms with Crippen molar-refractivity contribution in [2.45, 2.75) is 39.7 Å². The molecule has 6 nitrogen and oxygen atoms in total. The van der Waals surface area contributed by atoms with Crippen LogP contribution in [0, 0.1) is 6.92 Å². The fourth-order valence-corrected chi connectivity index (χ4v) is 3.46. The van der Waals surface area contributed by atoms with Gasteiger partial charge in [0.2, 0.25) is 5.76 Å². The largest absolute Gasteiger partial charge is 0.351 e. The van der Waals surface area contributed by atoms with Crippen LogP contribution < -0.4 is 0 Å². The van der Waals surface area contributed by atoms with Crippen molar-refractivity contribution < 1.29 is 9.32 Å². The summed E-state index contributed by atoms with van der Waals surface area (Å²) >= 11 is 1.68. The van der Waals surface area contributed by atoms with Gasteiger partial charge in [-0.15, -0.1) is 11.3 Å². The Bertz CT molecular complexity index is 694. The maximum atomic E-state index is 12.6. The van der Waals surface area contributed by atoms with Crippen LogP contribution in [0.25, 0.3) is 0 Å².